The molecular formula is C24H27ClN2O4. The highest BCUT2D eigenvalue weighted by molar-refractivity contribution is 6.30. The maximum Gasteiger partial charge on any atom is 0.254 e. The summed E-state index contributed by atoms with van der Waals surface area (Å²) in [6.07, 6.45) is 1.26. The summed E-state index contributed by atoms with van der Waals surface area (Å²) in [5.74, 6) is 1.40. The summed E-state index contributed by atoms with van der Waals surface area (Å²) >= 11 is 5.95. The largest absolute Gasteiger partial charge is 0.512 e. The lowest BCUT2D eigenvalue weighted by Crippen LogP contribution is -2.43. The Bertz CT molecular complexity index is 1020. The molecule has 1 unspecified atom stereocenters. The first kappa shape index (κ1) is 21.5. The fraction of sp³-hybridized carbons (Fsp3) is 0.375. The molecule has 2 aromatic rings. The Kier molecular flexibility index (Phi) is 6.12. The van der Waals surface area contributed by atoms with Gasteiger partial charge in [0.2, 0.25) is 0 Å². The van der Waals surface area contributed by atoms with E-state index in [4.69, 9.17) is 21.1 Å². The van der Waals surface area contributed by atoms with Crippen LogP contribution in [0.2, 0.25) is 5.02 Å². The molecule has 6 nitrogen and oxygen atoms in total. The van der Waals surface area contributed by atoms with Crippen molar-refractivity contribution in [1.29, 1.82) is 0 Å². The maximum absolute atomic E-state index is 13.1. The molecule has 31 heavy (non-hydrogen) atoms. The molecule has 0 aromatic heterocycles. The van der Waals surface area contributed by atoms with E-state index in [1.807, 2.05) is 36.4 Å². The number of amides is 1. The first-order valence-corrected chi connectivity index (χ1v) is 10.7. The predicted molar refractivity (Wildman–Crippen MR) is 120 cm³/mol. The van der Waals surface area contributed by atoms with Crippen molar-refractivity contribution in [2.75, 3.05) is 34.4 Å². The van der Waals surface area contributed by atoms with Crippen molar-refractivity contribution in [3.05, 3.63) is 69.4 Å². The SMILES string of the molecule is COc1cc2c(cc1OC)C1CC(O)=C(C(=O)N(C)Cc3ccc(Cl)cc3)CN1CC2. The maximum atomic E-state index is 13.1. The van der Waals surface area contributed by atoms with Gasteiger partial charge in [0.05, 0.1) is 19.8 Å². The van der Waals surface area contributed by atoms with E-state index in [-0.39, 0.29) is 17.7 Å². The summed E-state index contributed by atoms with van der Waals surface area (Å²) in [7, 11) is 5.01. The van der Waals surface area contributed by atoms with E-state index in [0.717, 1.165) is 24.1 Å². The summed E-state index contributed by atoms with van der Waals surface area (Å²) in [6.45, 7) is 1.70. The van der Waals surface area contributed by atoms with E-state index in [9.17, 15) is 9.90 Å². The van der Waals surface area contributed by atoms with Gasteiger partial charge in [-0.2, -0.15) is 0 Å². The molecule has 2 aromatic carbocycles. The van der Waals surface area contributed by atoms with Crippen LogP contribution in [0.5, 0.6) is 11.5 Å². The third kappa shape index (κ3) is 4.23. The van der Waals surface area contributed by atoms with Gasteiger partial charge >= 0.3 is 0 Å². The molecule has 0 radical (unpaired) electrons. The summed E-state index contributed by atoms with van der Waals surface area (Å²) < 4.78 is 10.9. The Morgan fingerprint density at radius 3 is 2.55 bits per heavy atom. The number of carbonyl (C=O) groups is 1. The highest BCUT2D eigenvalue weighted by Crippen LogP contribution is 2.42. The monoisotopic (exact) mass is 442 g/mol. The number of hydrogen-bond donors (Lipinski definition) is 1. The van der Waals surface area contributed by atoms with Crippen molar-refractivity contribution in [1.82, 2.24) is 9.80 Å². The Morgan fingerprint density at radius 2 is 1.87 bits per heavy atom. The lowest BCUT2D eigenvalue weighted by molar-refractivity contribution is -0.127. The van der Waals surface area contributed by atoms with Crippen molar-refractivity contribution in [2.45, 2.75) is 25.4 Å². The van der Waals surface area contributed by atoms with E-state index < -0.39 is 0 Å². The third-order valence-corrected chi connectivity index (χ3v) is 6.40. The van der Waals surface area contributed by atoms with Gasteiger partial charge in [-0.05, 0) is 47.4 Å². The Morgan fingerprint density at radius 1 is 1.19 bits per heavy atom. The number of aliphatic hydroxyl groups excluding tert-OH is 1. The Balaban J connectivity index is 1.55. The number of nitrogens with zero attached hydrogens (tertiary/aromatic N) is 2. The molecule has 0 aliphatic carbocycles. The van der Waals surface area contributed by atoms with Gasteiger partial charge in [-0.3, -0.25) is 9.69 Å². The number of methoxy groups -OCH3 is 2. The molecule has 0 bridgehead atoms. The number of benzene rings is 2. The van der Waals surface area contributed by atoms with Crippen LogP contribution in [0.4, 0.5) is 0 Å². The zero-order valence-electron chi connectivity index (χ0n) is 18.0. The van der Waals surface area contributed by atoms with Gasteiger partial charge < -0.3 is 19.5 Å². The third-order valence-electron chi connectivity index (χ3n) is 6.15. The van der Waals surface area contributed by atoms with Gasteiger partial charge in [0, 0.05) is 44.2 Å². The molecule has 164 valence electrons. The van der Waals surface area contributed by atoms with Gasteiger partial charge in [-0.25, -0.2) is 0 Å². The standard InChI is InChI=1S/C24H27ClN2O4/c1-26(13-15-4-6-17(25)7-5-15)24(29)19-14-27-9-8-16-10-22(30-2)23(31-3)11-18(16)20(27)12-21(19)28/h4-7,10-11,20,28H,8-9,12-14H2,1-3H3. The Hall–Kier alpha value is -2.70. The molecule has 0 fully saturated rings. The first-order chi connectivity index (χ1) is 14.9. The fourth-order valence-electron chi connectivity index (χ4n) is 4.47. The normalized spacial score (nSPS) is 18.3. The van der Waals surface area contributed by atoms with Gasteiger partial charge in [0.15, 0.2) is 11.5 Å². The topological polar surface area (TPSA) is 62.2 Å². The number of likely N-dealkylation sites (N-methyl/N-ethyl adjacent to an activating group) is 1. The number of fused-ring (bicyclic) bond motifs is 3. The average Bonchev–Trinajstić information content (AvgIpc) is 2.78. The molecule has 4 rings (SSSR count). The fourth-order valence-corrected chi connectivity index (χ4v) is 4.59. The number of aliphatic hydroxyl groups is 1. The zero-order valence-corrected chi connectivity index (χ0v) is 18.8. The van der Waals surface area contributed by atoms with Gasteiger partial charge in [-0.15, -0.1) is 0 Å². The molecule has 1 N–H and O–H groups in total. The number of carbonyl (C=O) groups excluding carboxylic acids is 1. The van der Waals surface area contributed by atoms with Crippen LogP contribution in [0.3, 0.4) is 0 Å². The van der Waals surface area contributed by atoms with Gasteiger partial charge in [-0.1, -0.05) is 23.7 Å². The molecular weight excluding hydrogens is 416 g/mol. The van der Waals surface area contributed by atoms with E-state index in [0.29, 0.717) is 41.6 Å². The van der Waals surface area contributed by atoms with Crippen LogP contribution >= 0.6 is 11.6 Å². The van der Waals surface area contributed by atoms with Crippen LogP contribution in [0.15, 0.2) is 47.7 Å². The molecule has 2 aliphatic rings. The zero-order chi connectivity index (χ0) is 22.1. The van der Waals surface area contributed by atoms with Crippen molar-refractivity contribution in [3.8, 4) is 11.5 Å². The molecule has 2 aliphatic heterocycles. The van der Waals surface area contributed by atoms with Gasteiger partial charge in [0.1, 0.15) is 5.76 Å². The molecule has 1 atom stereocenters. The second-order valence-electron chi connectivity index (χ2n) is 8.06. The molecule has 2 heterocycles. The van der Waals surface area contributed by atoms with E-state index >= 15 is 0 Å². The van der Waals surface area contributed by atoms with E-state index in [1.165, 1.54) is 5.56 Å². The number of halogens is 1. The number of ether oxygens (including phenoxy) is 2. The minimum Gasteiger partial charge on any atom is -0.512 e. The predicted octanol–water partition coefficient (Wildman–Crippen LogP) is 4.13. The van der Waals surface area contributed by atoms with Crippen molar-refractivity contribution in [3.63, 3.8) is 0 Å². The second kappa shape index (κ2) is 8.81. The van der Waals surface area contributed by atoms with E-state index in [2.05, 4.69) is 4.90 Å². The first-order valence-electron chi connectivity index (χ1n) is 10.3. The number of hydrogen-bond acceptors (Lipinski definition) is 5. The summed E-state index contributed by atoms with van der Waals surface area (Å²) in [6, 6.07) is 11.5. The van der Waals surface area contributed by atoms with Crippen LogP contribution in [-0.2, 0) is 17.8 Å². The molecule has 0 saturated heterocycles. The lowest BCUT2D eigenvalue weighted by atomic mass is 9.86. The van der Waals surface area contributed by atoms with E-state index in [1.54, 1.807) is 26.2 Å². The van der Waals surface area contributed by atoms with Crippen molar-refractivity contribution in [2.24, 2.45) is 0 Å². The van der Waals surface area contributed by atoms with Crippen LogP contribution in [0.25, 0.3) is 0 Å². The smallest absolute Gasteiger partial charge is 0.254 e. The second-order valence-corrected chi connectivity index (χ2v) is 8.50. The minimum absolute atomic E-state index is 0.0154. The molecule has 0 saturated carbocycles. The summed E-state index contributed by atoms with van der Waals surface area (Å²) in [5.41, 5.74) is 3.77. The average molecular weight is 443 g/mol. The van der Waals surface area contributed by atoms with Gasteiger partial charge in [0.25, 0.3) is 5.91 Å². The van der Waals surface area contributed by atoms with Crippen molar-refractivity contribution >= 4 is 17.5 Å². The molecule has 1 amide bonds. The molecule has 7 heteroatoms. The quantitative estimate of drug-likeness (QED) is 0.754. The minimum atomic E-state index is -0.149. The van der Waals surface area contributed by atoms with Crippen LogP contribution < -0.4 is 9.47 Å². The van der Waals surface area contributed by atoms with Crippen LogP contribution in [0.1, 0.15) is 29.2 Å². The Labute approximate surface area is 187 Å². The summed E-state index contributed by atoms with van der Waals surface area (Å²) in [4.78, 5) is 17.0. The highest BCUT2D eigenvalue weighted by atomic mass is 35.5. The number of rotatable bonds is 5. The molecule has 0 spiro atoms. The summed E-state index contributed by atoms with van der Waals surface area (Å²) in [5, 5.41) is 11.5. The van der Waals surface area contributed by atoms with Crippen LogP contribution in [-0.4, -0.2) is 55.2 Å². The van der Waals surface area contributed by atoms with Crippen molar-refractivity contribution < 1.29 is 19.4 Å². The highest BCUT2D eigenvalue weighted by Gasteiger charge is 2.36. The lowest BCUT2D eigenvalue weighted by Gasteiger charge is -2.41. The van der Waals surface area contributed by atoms with Crippen LogP contribution in [0, 0.1) is 0 Å².